The molecular formula is C20H26Cl2N4O4S. The number of carbonyl (C=O) groups is 2. The van der Waals surface area contributed by atoms with Crippen molar-refractivity contribution < 1.29 is 18.0 Å². The molecule has 11 heteroatoms. The first-order valence-corrected chi connectivity index (χ1v) is 12.2. The molecule has 1 aromatic rings. The van der Waals surface area contributed by atoms with Crippen molar-refractivity contribution in [1.29, 1.82) is 0 Å². The van der Waals surface area contributed by atoms with Crippen molar-refractivity contribution in [2.75, 3.05) is 27.2 Å². The van der Waals surface area contributed by atoms with E-state index in [1.807, 2.05) is 14.1 Å². The molecule has 0 aromatic heterocycles. The van der Waals surface area contributed by atoms with E-state index in [1.165, 1.54) is 30.6 Å². The summed E-state index contributed by atoms with van der Waals surface area (Å²) in [5.74, 6) is -0.828. The quantitative estimate of drug-likeness (QED) is 0.686. The van der Waals surface area contributed by atoms with Gasteiger partial charge in [-0.1, -0.05) is 29.3 Å². The standard InChI is InChI=1S/C20H26Cl2N4O4S/c1-24(2)14-5-4-10-25(11-8-14)18(27)13-16-20(28)23-9-12-26(16)31(29,30)17-7-3-6-15(21)19(17)22/h3,6-7,9,12,14,16H,4-5,8,10-11,13H2,1-2H3,(H,23,28)/t14-,16+/m0/s1. The second-order valence-electron chi connectivity index (χ2n) is 7.86. The highest BCUT2D eigenvalue weighted by atomic mass is 35.5. The highest BCUT2D eigenvalue weighted by Gasteiger charge is 2.39. The SMILES string of the molecule is CN(C)[C@H]1CCCN(C(=O)C[C@@H]2C(=O)NC=CN2S(=O)(=O)c2cccc(Cl)c2Cl)CC1. The number of nitrogens with zero attached hydrogens (tertiary/aromatic N) is 3. The van der Waals surface area contributed by atoms with Crippen LogP contribution in [0.2, 0.25) is 10.0 Å². The Kier molecular flexibility index (Phi) is 7.51. The maximum absolute atomic E-state index is 13.3. The van der Waals surface area contributed by atoms with Crippen molar-refractivity contribution in [3.63, 3.8) is 0 Å². The second kappa shape index (κ2) is 9.77. The van der Waals surface area contributed by atoms with Crippen molar-refractivity contribution in [2.24, 2.45) is 0 Å². The molecule has 2 atom stereocenters. The Bertz CT molecular complexity index is 983. The van der Waals surface area contributed by atoms with Gasteiger partial charge in [0.2, 0.25) is 11.8 Å². The van der Waals surface area contributed by atoms with Crippen LogP contribution in [0.4, 0.5) is 0 Å². The third-order valence-electron chi connectivity index (χ3n) is 5.68. The summed E-state index contributed by atoms with van der Waals surface area (Å²) in [5.41, 5.74) is 0. The lowest BCUT2D eigenvalue weighted by molar-refractivity contribution is -0.135. The number of hydrogen-bond donors (Lipinski definition) is 1. The number of likely N-dealkylation sites (tertiary alicyclic amines) is 1. The average Bonchev–Trinajstić information content (AvgIpc) is 2.98. The summed E-state index contributed by atoms with van der Waals surface area (Å²) in [5, 5.41) is 2.45. The van der Waals surface area contributed by atoms with Gasteiger partial charge in [-0.25, -0.2) is 8.42 Å². The molecule has 0 spiro atoms. The largest absolute Gasteiger partial charge is 0.343 e. The molecule has 2 amide bonds. The van der Waals surface area contributed by atoms with Crippen molar-refractivity contribution in [1.82, 2.24) is 19.4 Å². The van der Waals surface area contributed by atoms with E-state index in [2.05, 4.69) is 10.2 Å². The fraction of sp³-hybridized carbons (Fsp3) is 0.500. The zero-order valence-corrected chi connectivity index (χ0v) is 19.8. The van der Waals surface area contributed by atoms with E-state index in [0.717, 1.165) is 23.6 Å². The first-order chi connectivity index (χ1) is 14.6. The van der Waals surface area contributed by atoms with Crippen LogP contribution in [-0.4, -0.2) is 73.6 Å². The van der Waals surface area contributed by atoms with Gasteiger partial charge in [0.25, 0.3) is 10.0 Å². The lowest BCUT2D eigenvalue weighted by Crippen LogP contribution is -2.51. The highest BCUT2D eigenvalue weighted by Crippen LogP contribution is 2.33. The van der Waals surface area contributed by atoms with Crippen molar-refractivity contribution in [2.45, 2.75) is 42.7 Å². The number of halogens is 2. The molecule has 3 rings (SSSR count). The molecule has 2 heterocycles. The summed E-state index contributed by atoms with van der Waals surface area (Å²) in [6.07, 6.45) is 4.86. The van der Waals surface area contributed by atoms with Gasteiger partial charge in [-0.05, 0) is 45.5 Å². The first kappa shape index (κ1) is 23.8. The minimum Gasteiger partial charge on any atom is -0.343 e. The van der Waals surface area contributed by atoms with Crippen molar-refractivity contribution >= 4 is 45.0 Å². The van der Waals surface area contributed by atoms with E-state index >= 15 is 0 Å². The summed E-state index contributed by atoms with van der Waals surface area (Å²) in [7, 11) is -0.172. The van der Waals surface area contributed by atoms with Gasteiger partial charge in [0.15, 0.2) is 0 Å². The molecule has 8 nitrogen and oxygen atoms in total. The van der Waals surface area contributed by atoms with Crippen LogP contribution in [0.1, 0.15) is 25.7 Å². The van der Waals surface area contributed by atoms with Gasteiger partial charge in [0.05, 0.1) is 16.5 Å². The first-order valence-electron chi connectivity index (χ1n) is 10.0. The molecule has 0 unspecified atom stereocenters. The number of benzene rings is 1. The van der Waals surface area contributed by atoms with Gasteiger partial charge in [0, 0.05) is 31.5 Å². The lowest BCUT2D eigenvalue weighted by atomic mass is 10.1. The molecule has 1 aromatic carbocycles. The number of sulfonamides is 1. The summed E-state index contributed by atoms with van der Waals surface area (Å²) in [6, 6.07) is 3.43. The predicted octanol–water partition coefficient (Wildman–Crippen LogP) is 2.29. The fourth-order valence-corrected chi connectivity index (χ4v) is 6.06. The number of carbonyl (C=O) groups excluding carboxylic acids is 2. The van der Waals surface area contributed by atoms with E-state index in [9.17, 15) is 18.0 Å². The maximum Gasteiger partial charge on any atom is 0.266 e. The van der Waals surface area contributed by atoms with Gasteiger partial charge >= 0.3 is 0 Å². The molecule has 0 aliphatic carbocycles. The van der Waals surface area contributed by atoms with Gasteiger partial charge in [-0.3, -0.25) is 13.9 Å². The topological polar surface area (TPSA) is 90.0 Å². The molecule has 0 radical (unpaired) electrons. The van der Waals surface area contributed by atoms with Gasteiger partial charge < -0.3 is 15.1 Å². The van der Waals surface area contributed by atoms with E-state index < -0.39 is 22.0 Å². The third kappa shape index (κ3) is 5.16. The van der Waals surface area contributed by atoms with Crippen LogP contribution in [-0.2, 0) is 19.6 Å². The molecular weight excluding hydrogens is 463 g/mol. The number of rotatable bonds is 5. The van der Waals surface area contributed by atoms with Gasteiger partial charge in [-0.2, -0.15) is 0 Å². The van der Waals surface area contributed by atoms with Crippen LogP contribution >= 0.6 is 23.2 Å². The molecule has 0 bridgehead atoms. The van der Waals surface area contributed by atoms with Crippen molar-refractivity contribution in [3.8, 4) is 0 Å². The molecule has 1 fully saturated rings. The molecule has 31 heavy (non-hydrogen) atoms. The van der Waals surface area contributed by atoms with Crippen LogP contribution in [0.5, 0.6) is 0 Å². The summed E-state index contributed by atoms with van der Waals surface area (Å²) < 4.78 is 27.4. The molecule has 170 valence electrons. The lowest BCUT2D eigenvalue weighted by Gasteiger charge is -2.32. The van der Waals surface area contributed by atoms with Crippen LogP contribution in [0.3, 0.4) is 0 Å². The Morgan fingerprint density at radius 1 is 1.23 bits per heavy atom. The van der Waals surface area contributed by atoms with Crippen LogP contribution in [0.25, 0.3) is 0 Å². The van der Waals surface area contributed by atoms with E-state index in [0.29, 0.717) is 19.1 Å². The Morgan fingerprint density at radius 2 is 1.97 bits per heavy atom. The highest BCUT2D eigenvalue weighted by molar-refractivity contribution is 7.89. The van der Waals surface area contributed by atoms with Crippen LogP contribution < -0.4 is 5.32 Å². The van der Waals surface area contributed by atoms with Gasteiger partial charge in [-0.15, -0.1) is 0 Å². The fourth-order valence-electron chi connectivity index (χ4n) is 3.87. The van der Waals surface area contributed by atoms with Crippen molar-refractivity contribution in [3.05, 3.63) is 40.6 Å². The van der Waals surface area contributed by atoms with Crippen LogP contribution in [0, 0.1) is 0 Å². The number of amides is 2. The van der Waals surface area contributed by atoms with E-state index in [-0.39, 0.29) is 27.3 Å². The Balaban J connectivity index is 1.82. The minimum atomic E-state index is -4.21. The Labute approximate surface area is 192 Å². The van der Waals surface area contributed by atoms with Gasteiger partial charge in [0.1, 0.15) is 10.9 Å². The predicted molar refractivity (Wildman–Crippen MR) is 119 cm³/mol. The summed E-state index contributed by atoms with van der Waals surface area (Å²) >= 11 is 12.1. The third-order valence-corrected chi connectivity index (χ3v) is 8.44. The molecule has 2 aliphatic heterocycles. The average molecular weight is 489 g/mol. The second-order valence-corrected chi connectivity index (χ2v) is 10.5. The summed E-state index contributed by atoms with van der Waals surface area (Å²) in [4.78, 5) is 29.2. The van der Waals surface area contributed by atoms with E-state index in [4.69, 9.17) is 23.2 Å². The number of hydrogen-bond acceptors (Lipinski definition) is 5. The zero-order chi connectivity index (χ0) is 22.8. The van der Waals surface area contributed by atoms with Crippen LogP contribution in [0.15, 0.2) is 35.5 Å². The molecule has 2 aliphatic rings. The van der Waals surface area contributed by atoms with E-state index in [1.54, 1.807) is 4.90 Å². The molecule has 1 saturated heterocycles. The zero-order valence-electron chi connectivity index (χ0n) is 17.4. The number of nitrogens with one attached hydrogen (secondary N) is 1. The summed E-state index contributed by atoms with van der Waals surface area (Å²) in [6.45, 7) is 1.15. The minimum absolute atomic E-state index is 0.0841. The Morgan fingerprint density at radius 3 is 2.68 bits per heavy atom. The smallest absolute Gasteiger partial charge is 0.266 e. The monoisotopic (exact) mass is 488 g/mol. The maximum atomic E-state index is 13.3. The molecule has 0 saturated carbocycles. The molecule has 1 N–H and O–H groups in total. The normalized spacial score (nSPS) is 22.4. The Hall–Kier alpha value is -1.81.